The number of carbonyl (C=O) groups excluding carboxylic acids is 1. The van der Waals surface area contributed by atoms with Crippen LogP contribution in [0.1, 0.15) is 53.4 Å². The van der Waals surface area contributed by atoms with E-state index in [1.165, 1.54) is 0 Å². The zero-order chi connectivity index (χ0) is 21.4. The third-order valence-electron chi connectivity index (χ3n) is 5.50. The van der Waals surface area contributed by atoms with Gasteiger partial charge in [0.2, 0.25) is 0 Å². The maximum Gasteiger partial charge on any atom is 0.308 e. The molecule has 1 aliphatic heterocycles. The Balaban J connectivity index is 2.70. The second-order valence-electron chi connectivity index (χ2n) is 9.10. The summed E-state index contributed by atoms with van der Waals surface area (Å²) in [5.74, 6) is -0.200. The number of hydrogen-bond donors (Lipinski definition) is 0. The third kappa shape index (κ3) is 8.88. The molecule has 0 unspecified atom stereocenters. The fraction of sp³-hybridized carbons (Fsp3) is 0.950. The fourth-order valence-electron chi connectivity index (χ4n) is 2.98. The van der Waals surface area contributed by atoms with E-state index < -0.39 is 8.32 Å². The Morgan fingerprint density at radius 3 is 2.32 bits per heavy atom. The van der Waals surface area contributed by atoms with Crippen LogP contribution in [0.25, 0.3) is 0 Å². The van der Waals surface area contributed by atoms with Gasteiger partial charge in [0.05, 0.1) is 24.7 Å². The summed E-state index contributed by atoms with van der Waals surface area (Å²) in [6.07, 6.45) is 1.75. The molecule has 28 heavy (non-hydrogen) atoms. The normalized spacial score (nSPS) is 23.4. The van der Waals surface area contributed by atoms with E-state index in [1.807, 2.05) is 6.92 Å². The maximum absolute atomic E-state index is 12.2. The molecule has 1 aliphatic rings. The second kappa shape index (κ2) is 11.6. The molecule has 0 saturated carbocycles. The van der Waals surface area contributed by atoms with Crippen molar-refractivity contribution in [3.63, 3.8) is 0 Å². The lowest BCUT2D eigenvalue weighted by Crippen LogP contribution is -2.47. The maximum atomic E-state index is 12.2. The number of hydrogen-bond acceptors (Lipinski definition) is 7. The molecule has 4 atom stereocenters. The number of esters is 1. The van der Waals surface area contributed by atoms with Crippen LogP contribution in [0.15, 0.2) is 0 Å². The quantitative estimate of drug-likeness (QED) is 0.270. The first kappa shape index (κ1) is 25.5. The minimum absolute atomic E-state index is 0.0413. The van der Waals surface area contributed by atoms with Crippen LogP contribution in [0.5, 0.6) is 0 Å². The van der Waals surface area contributed by atoms with Crippen LogP contribution in [0.2, 0.25) is 18.1 Å². The molecule has 7 nitrogen and oxygen atoms in total. The lowest BCUT2D eigenvalue weighted by atomic mass is 9.98. The summed E-state index contributed by atoms with van der Waals surface area (Å²) in [6.45, 7) is 13.4. The topological polar surface area (TPSA) is 72.5 Å². The lowest BCUT2D eigenvalue weighted by molar-refractivity contribution is -0.165. The van der Waals surface area contributed by atoms with E-state index in [2.05, 4.69) is 33.9 Å². The molecule has 0 aromatic rings. The predicted molar refractivity (Wildman–Crippen MR) is 110 cm³/mol. The van der Waals surface area contributed by atoms with Gasteiger partial charge in [-0.2, -0.15) is 0 Å². The van der Waals surface area contributed by atoms with Gasteiger partial charge in [0.15, 0.2) is 8.32 Å². The second-order valence-corrected chi connectivity index (χ2v) is 13.9. The van der Waals surface area contributed by atoms with E-state index in [1.54, 1.807) is 14.2 Å². The lowest BCUT2D eigenvalue weighted by Gasteiger charge is -2.41. The van der Waals surface area contributed by atoms with Crippen LogP contribution in [0, 0.1) is 0 Å². The summed E-state index contributed by atoms with van der Waals surface area (Å²) in [6, 6.07) is 0. The van der Waals surface area contributed by atoms with Gasteiger partial charge in [-0.25, -0.2) is 0 Å². The Bertz CT molecular complexity index is 464. The Labute approximate surface area is 171 Å². The van der Waals surface area contributed by atoms with Gasteiger partial charge in [-0.3, -0.25) is 4.79 Å². The highest BCUT2D eigenvalue weighted by molar-refractivity contribution is 6.74. The van der Waals surface area contributed by atoms with E-state index >= 15 is 0 Å². The van der Waals surface area contributed by atoms with Gasteiger partial charge in [0.25, 0.3) is 0 Å². The van der Waals surface area contributed by atoms with Gasteiger partial charge >= 0.3 is 5.97 Å². The van der Waals surface area contributed by atoms with Gasteiger partial charge in [-0.15, -0.1) is 0 Å². The van der Waals surface area contributed by atoms with Crippen molar-refractivity contribution in [2.24, 2.45) is 0 Å². The van der Waals surface area contributed by atoms with E-state index in [0.29, 0.717) is 25.7 Å². The summed E-state index contributed by atoms with van der Waals surface area (Å²) in [5.41, 5.74) is 0. The first-order valence-electron chi connectivity index (χ1n) is 10.1. The largest absolute Gasteiger partial charge is 0.462 e. The van der Waals surface area contributed by atoms with Crippen molar-refractivity contribution in [2.75, 3.05) is 27.8 Å². The van der Waals surface area contributed by atoms with Gasteiger partial charge in [0, 0.05) is 27.1 Å². The van der Waals surface area contributed by atoms with Crippen LogP contribution in [-0.2, 0) is 32.9 Å². The van der Waals surface area contributed by atoms with E-state index in [9.17, 15) is 4.79 Å². The van der Waals surface area contributed by atoms with Gasteiger partial charge in [-0.05, 0) is 31.5 Å². The van der Waals surface area contributed by atoms with Crippen LogP contribution in [0.3, 0.4) is 0 Å². The highest BCUT2D eigenvalue weighted by Gasteiger charge is 2.42. The number of rotatable bonds is 12. The standard InChI is InChI=1S/C20H40O7Si/c1-15(24-13-22-5)9-16(25-14-23-6)10-17-11-18(12-19(21)26-17)27-28(7,8)20(2,3)4/h15-18H,9-14H2,1-8H3/t15-,16-,17-,18-/m0/s1. The third-order valence-corrected chi connectivity index (χ3v) is 10.0. The smallest absolute Gasteiger partial charge is 0.308 e. The number of methoxy groups -OCH3 is 2. The molecule has 0 aromatic heterocycles. The first-order chi connectivity index (χ1) is 13.0. The van der Waals surface area contributed by atoms with Crippen LogP contribution in [0.4, 0.5) is 0 Å². The molecule has 8 heteroatoms. The molecule has 0 N–H and O–H groups in total. The fourth-order valence-corrected chi connectivity index (χ4v) is 4.35. The van der Waals surface area contributed by atoms with Crippen molar-refractivity contribution >= 4 is 14.3 Å². The van der Waals surface area contributed by atoms with E-state index in [0.717, 1.165) is 0 Å². The van der Waals surface area contributed by atoms with Crippen molar-refractivity contribution in [3.05, 3.63) is 0 Å². The van der Waals surface area contributed by atoms with Crippen LogP contribution >= 0.6 is 0 Å². The molecule has 0 aliphatic carbocycles. The molecule has 1 fully saturated rings. The van der Waals surface area contributed by atoms with Crippen LogP contribution < -0.4 is 0 Å². The van der Waals surface area contributed by atoms with E-state index in [4.69, 9.17) is 28.1 Å². The summed E-state index contributed by atoms with van der Waals surface area (Å²) < 4.78 is 33.5. The Morgan fingerprint density at radius 1 is 1.14 bits per heavy atom. The predicted octanol–water partition coefficient (Wildman–Crippen LogP) is 3.86. The minimum atomic E-state index is -1.95. The van der Waals surface area contributed by atoms with Gasteiger partial charge in [0.1, 0.15) is 19.7 Å². The average molecular weight is 421 g/mol. The molecule has 1 saturated heterocycles. The summed E-state index contributed by atoms with van der Waals surface area (Å²) >= 11 is 0. The van der Waals surface area contributed by atoms with Crippen molar-refractivity contribution in [3.8, 4) is 0 Å². The summed E-state index contributed by atoms with van der Waals surface area (Å²) in [4.78, 5) is 12.2. The Hall–Kier alpha value is -0.513. The Kier molecular flexibility index (Phi) is 10.6. The number of carbonyl (C=O) groups is 1. The molecule has 0 spiro atoms. The highest BCUT2D eigenvalue weighted by Crippen LogP contribution is 2.39. The van der Waals surface area contributed by atoms with Gasteiger partial charge in [-0.1, -0.05) is 20.8 Å². The minimum Gasteiger partial charge on any atom is -0.462 e. The molecular formula is C20H40O7Si. The molecule has 1 rings (SSSR count). The SMILES string of the molecule is COCO[C@H](C[C@H]1C[C@H](O[Si](C)(C)C(C)(C)C)CC(=O)O1)C[C@H](C)OCOC. The van der Waals surface area contributed by atoms with E-state index in [-0.39, 0.29) is 49.0 Å². The average Bonchev–Trinajstić information content (AvgIpc) is 2.55. The molecule has 0 aromatic carbocycles. The summed E-state index contributed by atoms with van der Waals surface area (Å²) in [7, 11) is 1.24. The number of ether oxygens (including phenoxy) is 5. The van der Waals surface area contributed by atoms with Crippen LogP contribution in [-0.4, -0.2) is 66.5 Å². The van der Waals surface area contributed by atoms with Crippen molar-refractivity contribution < 1.29 is 32.9 Å². The summed E-state index contributed by atoms with van der Waals surface area (Å²) in [5, 5.41) is 0.0993. The molecule has 0 radical (unpaired) electrons. The van der Waals surface area contributed by atoms with Gasteiger partial charge < -0.3 is 28.1 Å². The molecule has 0 amide bonds. The molecule has 1 heterocycles. The highest BCUT2D eigenvalue weighted by atomic mass is 28.4. The first-order valence-corrected chi connectivity index (χ1v) is 13.0. The number of cyclic esters (lactones) is 1. The molecule has 0 bridgehead atoms. The monoisotopic (exact) mass is 420 g/mol. The van der Waals surface area contributed by atoms with Crippen molar-refractivity contribution in [1.82, 2.24) is 0 Å². The Morgan fingerprint density at radius 2 is 1.75 bits per heavy atom. The van der Waals surface area contributed by atoms with Crippen molar-refractivity contribution in [2.45, 2.75) is 95.9 Å². The van der Waals surface area contributed by atoms with Crippen molar-refractivity contribution in [1.29, 1.82) is 0 Å². The molecular weight excluding hydrogens is 380 g/mol. The molecule has 166 valence electrons. The zero-order valence-corrected chi connectivity index (χ0v) is 19.9. The zero-order valence-electron chi connectivity index (χ0n) is 18.9.